The molecule has 0 nitrogen and oxygen atoms in total. The molecule has 0 amide bonds. The minimum atomic E-state index is -0.366. The molecule has 2 rings (SSSR count). The Morgan fingerprint density at radius 3 is 2.15 bits per heavy atom. The zero-order chi connectivity index (χ0) is 14.6. The van der Waals surface area contributed by atoms with E-state index < -0.39 is 0 Å². The molecule has 0 spiro atoms. The van der Waals surface area contributed by atoms with Crippen molar-refractivity contribution in [2.24, 2.45) is 0 Å². The maximum atomic E-state index is 13.0. The predicted molar refractivity (Wildman–Crippen MR) is 80.7 cm³/mol. The van der Waals surface area contributed by atoms with Crippen LogP contribution in [0.4, 0.5) is 4.39 Å². The number of benzene rings is 2. The van der Waals surface area contributed by atoms with Gasteiger partial charge in [-0.3, -0.25) is 0 Å². The van der Waals surface area contributed by atoms with Crippen LogP contribution in [0.3, 0.4) is 0 Å². The summed E-state index contributed by atoms with van der Waals surface area (Å²) in [6.07, 6.45) is 5.46. The van der Waals surface area contributed by atoms with Crippen molar-refractivity contribution < 1.29 is 4.39 Å². The summed E-state index contributed by atoms with van der Waals surface area (Å²) in [5.74, 6) is 8.74. The first-order valence-corrected chi connectivity index (χ1v) is 6.38. The van der Waals surface area contributed by atoms with Crippen molar-refractivity contribution >= 4 is 0 Å². The smallest absolute Gasteiger partial charge is 0.123 e. The van der Waals surface area contributed by atoms with Gasteiger partial charge in [0, 0.05) is 11.1 Å². The third-order valence-corrected chi connectivity index (χ3v) is 3.16. The summed E-state index contributed by atoms with van der Waals surface area (Å²) < 4.78 is 13.0. The fraction of sp³-hybridized carbons (Fsp3) is 0.158. The van der Waals surface area contributed by atoms with Gasteiger partial charge in [0.25, 0.3) is 0 Å². The SMILES string of the molecule is C#Cc1ccccc1C#CC(C)(C)c1ccc(F)cc1. The predicted octanol–water partition coefficient (Wildman–Crippen LogP) is 4.14. The molecule has 0 bridgehead atoms. The van der Waals surface area contributed by atoms with Crippen molar-refractivity contribution in [3.8, 4) is 24.2 Å². The second kappa shape index (κ2) is 5.64. The summed E-state index contributed by atoms with van der Waals surface area (Å²) in [5.41, 5.74) is 2.24. The van der Waals surface area contributed by atoms with Crippen LogP contribution in [-0.2, 0) is 5.41 Å². The van der Waals surface area contributed by atoms with Gasteiger partial charge < -0.3 is 0 Å². The Balaban J connectivity index is 2.36. The summed E-state index contributed by atoms with van der Waals surface area (Å²) in [6.45, 7) is 4.01. The third-order valence-electron chi connectivity index (χ3n) is 3.16. The number of hydrogen-bond donors (Lipinski definition) is 0. The Morgan fingerprint density at radius 1 is 0.950 bits per heavy atom. The van der Waals surface area contributed by atoms with E-state index in [0.29, 0.717) is 0 Å². The van der Waals surface area contributed by atoms with Crippen LogP contribution in [0.15, 0.2) is 48.5 Å². The Morgan fingerprint density at radius 2 is 1.55 bits per heavy atom. The van der Waals surface area contributed by atoms with Crippen LogP contribution in [-0.4, -0.2) is 0 Å². The van der Waals surface area contributed by atoms with Crippen LogP contribution >= 0.6 is 0 Å². The lowest BCUT2D eigenvalue weighted by Gasteiger charge is -2.18. The molecule has 0 saturated carbocycles. The van der Waals surface area contributed by atoms with Crippen LogP contribution in [0.25, 0.3) is 0 Å². The molecule has 0 fully saturated rings. The number of halogens is 1. The molecular formula is C19H15F. The molecule has 0 heterocycles. The number of rotatable bonds is 1. The van der Waals surface area contributed by atoms with Gasteiger partial charge in [0.1, 0.15) is 5.82 Å². The number of terminal acetylenes is 1. The van der Waals surface area contributed by atoms with Gasteiger partial charge in [0.15, 0.2) is 0 Å². The second-order valence-electron chi connectivity index (χ2n) is 5.07. The van der Waals surface area contributed by atoms with Crippen LogP contribution in [0.2, 0.25) is 0 Å². The highest BCUT2D eigenvalue weighted by Crippen LogP contribution is 2.22. The first-order valence-electron chi connectivity index (χ1n) is 6.38. The Bertz CT molecular complexity index is 704. The highest BCUT2D eigenvalue weighted by molar-refractivity contribution is 5.50. The van der Waals surface area contributed by atoms with Crippen LogP contribution < -0.4 is 0 Å². The largest absolute Gasteiger partial charge is 0.207 e. The maximum absolute atomic E-state index is 13.0. The van der Waals surface area contributed by atoms with Gasteiger partial charge in [0.2, 0.25) is 0 Å². The Hall–Kier alpha value is -2.51. The van der Waals surface area contributed by atoms with E-state index in [4.69, 9.17) is 6.42 Å². The fourth-order valence-electron chi connectivity index (χ4n) is 1.88. The number of hydrogen-bond acceptors (Lipinski definition) is 0. The van der Waals surface area contributed by atoms with Crippen LogP contribution in [0.1, 0.15) is 30.5 Å². The standard InChI is InChI=1S/C19H15F/c1-4-15-7-5-6-8-16(15)13-14-19(2,3)17-9-11-18(20)12-10-17/h1,5-12H,2-3H3. The average molecular weight is 262 g/mol. The molecule has 2 aromatic rings. The molecule has 0 saturated heterocycles. The fourth-order valence-corrected chi connectivity index (χ4v) is 1.88. The van der Waals surface area contributed by atoms with Gasteiger partial charge in [0.05, 0.1) is 5.41 Å². The van der Waals surface area contributed by atoms with Crippen molar-refractivity contribution in [3.05, 3.63) is 71.0 Å². The second-order valence-corrected chi connectivity index (χ2v) is 5.07. The average Bonchev–Trinajstić information content (AvgIpc) is 2.46. The van der Waals surface area contributed by atoms with E-state index in [-0.39, 0.29) is 11.2 Å². The molecule has 0 aliphatic rings. The molecule has 0 radical (unpaired) electrons. The molecule has 0 aliphatic carbocycles. The topological polar surface area (TPSA) is 0 Å². The summed E-state index contributed by atoms with van der Waals surface area (Å²) in [7, 11) is 0. The minimum absolute atomic E-state index is 0.241. The van der Waals surface area contributed by atoms with Crippen molar-refractivity contribution in [3.63, 3.8) is 0 Å². The van der Waals surface area contributed by atoms with Gasteiger partial charge in [-0.05, 0) is 43.7 Å². The van der Waals surface area contributed by atoms with Gasteiger partial charge in [-0.1, -0.05) is 42.0 Å². The van der Waals surface area contributed by atoms with Crippen LogP contribution in [0.5, 0.6) is 0 Å². The Labute approximate surface area is 119 Å². The van der Waals surface area contributed by atoms with E-state index >= 15 is 0 Å². The molecule has 0 aromatic heterocycles. The molecule has 2 aromatic carbocycles. The van der Waals surface area contributed by atoms with Crippen molar-refractivity contribution in [1.82, 2.24) is 0 Å². The van der Waals surface area contributed by atoms with Gasteiger partial charge in [-0.2, -0.15) is 0 Å². The highest BCUT2D eigenvalue weighted by atomic mass is 19.1. The molecule has 1 heteroatoms. The van der Waals surface area contributed by atoms with E-state index in [1.165, 1.54) is 12.1 Å². The molecule has 0 N–H and O–H groups in total. The molecule has 98 valence electrons. The van der Waals surface area contributed by atoms with Gasteiger partial charge >= 0.3 is 0 Å². The lowest BCUT2D eigenvalue weighted by Crippen LogP contribution is -2.14. The summed E-state index contributed by atoms with van der Waals surface area (Å²) >= 11 is 0. The molecular weight excluding hydrogens is 247 g/mol. The zero-order valence-corrected chi connectivity index (χ0v) is 11.6. The van der Waals surface area contributed by atoms with Gasteiger partial charge in [-0.25, -0.2) is 4.39 Å². The van der Waals surface area contributed by atoms with E-state index in [9.17, 15) is 4.39 Å². The van der Waals surface area contributed by atoms with E-state index in [1.807, 2.05) is 38.1 Å². The van der Waals surface area contributed by atoms with Crippen LogP contribution in [0, 0.1) is 30.0 Å². The Kier molecular flexibility index (Phi) is 3.92. The lowest BCUT2D eigenvalue weighted by atomic mass is 9.85. The van der Waals surface area contributed by atoms with E-state index in [0.717, 1.165) is 16.7 Å². The van der Waals surface area contributed by atoms with Crippen molar-refractivity contribution in [2.75, 3.05) is 0 Å². The zero-order valence-electron chi connectivity index (χ0n) is 11.6. The third kappa shape index (κ3) is 3.08. The first-order chi connectivity index (χ1) is 9.53. The monoisotopic (exact) mass is 262 g/mol. The first kappa shape index (κ1) is 13.9. The minimum Gasteiger partial charge on any atom is -0.207 e. The molecule has 0 atom stereocenters. The summed E-state index contributed by atoms with van der Waals surface area (Å²) in [4.78, 5) is 0. The van der Waals surface area contributed by atoms with Gasteiger partial charge in [-0.15, -0.1) is 6.42 Å². The summed E-state index contributed by atoms with van der Waals surface area (Å²) in [5, 5.41) is 0. The molecule has 20 heavy (non-hydrogen) atoms. The summed E-state index contributed by atoms with van der Waals surface area (Å²) in [6, 6.07) is 14.0. The van der Waals surface area contributed by atoms with Crippen molar-refractivity contribution in [2.45, 2.75) is 19.3 Å². The normalized spacial score (nSPS) is 10.3. The quantitative estimate of drug-likeness (QED) is 0.678. The molecule has 0 unspecified atom stereocenters. The molecule has 0 aliphatic heterocycles. The van der Waals surface area contributed by atoms with Crippen molar-refractivity contribution in [1.29, 1.82) is 0 Å². The highest BCUT2D eigenvalue weighted by Gasteiger charge is 2.17. The van der Waals surface area contributed by atoms with E-state index in [2.05, 4.69) is 17.8 Å². The lowest BCUT2D eigenvalue weighted by molar-refractivity contribution is 0.622. The maximum Gasteiger partial charge on any atom is 0.123 e. The van der Waals surface area contributed by atoms with E-state index in [1.54, 1.807) is 12.1 Å².